The minimum absolute atomic E-state index is 0.0328. The molecule has 134 valence electrons. The molecule has 2 N–H and O–H groups in total. The summed E-state index contributed by atoms with van der Waals surface area (Å²) in [6.45, 7) is -0.0328. The van der Waals surface area contributed by atoms with Gasteiger partial charge in [0.05, 0.1) is 17.4 Å². The minimum Gasteiger partial charge on any atom is -0.364 e. The number of allylic oxidation sites excluding steroid dienone is 4. The second kappa shape index (κ2) is 6.64. The van der Waals surface area contributed by atoms with Crippen LogP contribution in [0.25, 0.3) is 10.9 Å². The SMILES string of the molecule is OC(O)c1ccc2c(C(F)(F)F)nn(CC3=C(Cl)C=CCC3Cl)c2c1. The van der Waals surface area contributed by atoms with E-state index in [4.69, 9.17) is 23.2 Å². The molecule has 0 amide bonds. The van der Waals surface area contributed by atoms with Gasteiger partial charge in [0.15, 0.2) is 12.0 Å². The predicted molar refractivity (Wildman–Crippen MR) is 88.2 cm³/mol. The third-order valence-electron chi connectivity index (χ3n) is 3.95. The van der Waals surface area contributed by atoms with E-state index in [0.29, 0.717) is 17.0 Å². The number of benzene rings is 1. The van der Waals surface area contributed by atoms with E-state index < -0.39 is 23.5 Å². The maximum Gasteiger partial charge on any atom is 0.435 e. The van der Waals surface area contributed by atoms with E-state index in [1.54, 1.807) is 12.2 Å². The Morgan fingerprint density at radius 1 is 1.32 bits per heavy atom. The van der Waals surface area contributed by atoms with Gasteiger partial charge in [-0.3, -0.25) is 4.68 Å². The van der Waals surface area contributed by atoms with Crippen LogP contribution in [0.2, 0.25) is 0 Å². The van der Waals surface area contributed by atoms with Gasteiger partial charge in [0.1, 0.15) is 0 Å². The third kappa shape index (κ3) is 3.55. The second-order valence-electron chi connectivity index (χ2n) is 5.63. The van der Waals surface area contributed by atoms with Crippen LogP contribution in [0.4, 0.5) is 13.2 Å². The van der Waals surface area contributed by atoms with Gasteiger partial charge in [-0.25, -0.2) is 0 Å². The monoisotopic (exact) mass is 392 g/mol. The highest BCUT2D eigenvalue weighted by Crippen LogP contribution is 2.36. The van der Waals surface area contributed by atoms with Crippen LogP contribution in [0, 0.1) is 0 Å². The normalized spacial score (nSPS) is 18.6. The number of hydrogen-bond acceptors (Lipinski definition) is 3. The Labute approximate surface area is 150 Å². The first kappa shape index (κ1) is 18.3. The van der Waals surface area contributed by atoms with Crippen LogP contribution < -0.4 is 0 Å². The van der Waals surface area contributed by atoms with Crippen molar-refractivity contribution in [3.8, 4) is 0 Å². The fraction of sp³-hybridized carbons (Fsp3) is 0.312. The topological polar surface area (TPSA) is 58.3 Å². The van der Waals surface area contributed by atoms with Crippen molar-refractivity contribution in [2.45, 2.75) is 30.8 Å². The number of aromatic nitrogens is 2. The van der Waals surface area contributed by atoms with Gasteiger partial charge in [-0.15, -0.1) is 11.6 Å². The summed E-state index contributed by atoms with van der Waals surface area (Å²) >= 11 is 12.3. The van der Waals surface area contributed by atoms with Crippen LogP contribution in [0.15, 0.2) is 41.0 Å². The molecule has 1 unspecified atom stereocenters. The molecule has 2 aromatic rings. The van der Waals surface area contributed by atoms with E-state index in [-0.39, 0.29) is 23.0 Å². The number of alkyl halides is 4. The lowest BCUT2D eigenvalue weighted by atomic mass is 10.0. The van der Waals surface area contributed by atoms with Crippen molar-refractivity contribution >= 4 is 34.1 Å². The molecule has 0 spiro atoms. The molecule has 1 aliphatic rings. The smallest absolute Gasteiger partial charge is 0.364 e. The molecule has 1 heterocycles. The number of aliphatic hydroxyl groups is 2. The maximum absolute atomic E-state index is 13.3. The summed E-state index contributed by atoms with van der Waals surface area (Å²) in [5.74, 6) is 0. The average molecular weight is 393 g/mol. The van der Waals surface area contributed by atoms with E-state index in [1.807, 2.05) is 0 Å². The molecule has 4 nitrogen and oxygen atoms in total. The maximum atomic E-state index is 13.3. The van der Waals surface area contributed by atoms with Crippen molar-refractivity contribution in [2.75, 3.05) is 0 Å². The Hall–Kier alpha value is -1.54. The van der Waals surface area contributed by atoms with Crippen LogP contribution >= 0.6 is 23.2 Å². The number of halogens is 5. The van der Waals surface area contributed by atoms with Crippen molar-refractivity contribution in [1.82, 2.24) is 9.78 Å². The van der Waals surface area contributed by atoms with Crippen molar-refractivity contribution in [3.05, 3.63) is 52.2 Å². The van der Waals surface area contributed by atoms with Gasteiger partial charge in [-0.1, -0.05) is 29.8 Å². The minimum atomic E-state index is -4.64. The van der Waals surface area contributed by atoms with Crippen LogP contribution in [-0.4, -0.2) is 25.4 Å². The summed E-state index contributed by atoms with van der Waals surface area (Å²) in [5, 5.41) is 22.0. The van der Waals surface area contributed by atoms with Crippen LogP contribution in [0.3, 0.4) is 0 Å². The standard InChI is InChI=1S/C16H13Cl2F3N2O2/c17-11-2-1-3-12(18)10(11)7-23-13-6-8(15(24)25)4-5-9(13)14(22-23)16(19,20)21/h1-2,4-6,12,15,24-25H,3,7H2. The summed E-state index contributed by atoms with van der Waals surface area (Å²) in [4.78, 5) is 0. The van der Waals surface area contributed by atoms with Gasteiger partial charge in [0.25, 0.3) is 0 Å². The zero-order chi connectivity index (χ0) is 18.4. The quantitative estimate of drug-likeness (QED) is 0.610. The molecule has 0 fully saturated rings. The van der Waals surface area contributed by atoms with E-state index >= 15 is 0 Å². The van der Waals surface area contributed by atoms with E-state index in [0.717, 1.165) is 4.68 Å². The largest absolute Gasteiger partial charge is 0.435 e. The molecule has 0 aliphatic heterocycles. The van der Waals surface area contributed by atoms with Gasteiger partial charge in [0.2, 0.25) is 0 Å². The lowest BCUT2D eigenvalue weighted by Gasteiger charge is -2.18. The van der Waals surface area contributed by atoms with Gasteiger partial charge >= 0.3 is 6.18 Å². The van der Waals surface area contributed by atoms with Gasteiger partial charge < -0.3 is 10.2 Å². The van der Waals surface area contributed by atoms with Crippen molar-refractivity contribution in [2.24, 2.45) is 0 Å². The summed E-state index contributed by atoms with van der Waals surface area (Å²) in [7, 11) is 0. The summed E-state index contributed by atoms with van der Waals surface area (Å²) in [5.41, 5.74) is -0.309. The zero-order valence-electron chi connectivity index (χ0n) is 12.6. The lowest BCUT2D eigenvalue weighted by Crippen LogP contribution is -2.15. The van der Waals surface area contributed by atoms with Crippen molar-refractivity contribution in [3.63, 3.8) is 0 Å². The molecular weight excluding hydrogens is 380 g/mol. The highest BCUT2D eigenvalue weighted by molar-refractivity contribution is 6.33. The third-order valence-corrected chi connectivity index (χ3v) is 4.76. The first-order chi connectivity index (χ1) is 11.7. The Morgan fingerprint density at radius 2 is 2.04 bits per heavy atom. The zero-order valence-corrected chi connectivity index (χ0v) is 14.1. The van der Waals surface area contributed by atoms with Crippen LogP contribution in [0.5, 0.6) is 0 Å². The molecule has 0 saturated carbocycles. The molecule has 1 aromatic heterocycles. The fourth-order valence-electron chi connectivity index (χ4n) is 2.71. The van der Waals surface area contributed by atoms with Crippen LogP contribution in [0.1, 0.15) is 24.0 Å². The fourth-order valence-corrected chi connectivity index (χ4v) is 3.33. The number of hydrogen-bond donors (Lipinski definition) is 2. The molecule has 1 atom stereocenters. The van der Waals surface area contributed by atoms with E-state index in [1.165, 1.54) is 18.2 Å². The van der Waals surface area contributed by atoms with E-state index in [9.17, 15) is 23.4 Å². The molecule has 9 heteroatoms. The summed E-state index contributed by atoms with van der Waals surface area (Å²) < 4.78 is 41.0. The number of fused-ring (bicyclic) bond motifs is 1. The lowest BCUT2D eigenvalue weighted by molar-refractivity contribution is -0.140. The number of nitrogens with zero attached hydrogens (tertiary/aromatic N) is 2. The van der Waals surface area contributed by atoms with Crippen molar-refractivity contribution in [1.29, 1.82) is 0 Å². The first-order valence-electron chi connectivity index (χ1n) is 7.31. The molecule has 3 rings (SSSR count). The molecule has 0 saturated heterocycles. The highest BCUT2D eigenvalue weighted by Gasteiger charge is 2.37. The molecule has 25 heavy (non-hydrogen) atoms. The summed E-state index contributed by atoms with van der Waals surface area (Å²) in [6, 6.07) is 3.65. The van der Waals surface area contributed by atoms with E-state index in [2.05, 4.69) is 5.10 Å². The van der Waals surface area contributed by atoms with Crippen molar-refractivity contribution < 1.29 is 23.4 Å². The summed E-state index contributed by atoms with van der Waals surface area (Å²) in [6.07, 6.45) is -2.50. The second-order valence-corrected chi connectivity index (χ2v) is 6.57. The molecule has 1 aliphatic carbocycles. The molecule has 1 aromatic carbocycles. The Kier molecular flexibility index (Phi) is 4.85. The number of rotatable bonds is 3. The Balaban J connectivity index is 2.16. The molecular formula is C16H13Cl2F3N2O2. The Morgan fingerprint density at radius 3 is 2.64 bits per heavy atom. The molecule has 0 radical (unpaired) electrons. The highest BCUT2D eigenvalue weighted by atomic mass is 35.5. The average Bonchev–Trinajstić information content (AvgIpc) is 2.89. The molecule has 0 bridgehead atoms. The number of aliphatic hydroxyl groups excluding tert-OH is 1. The van der Waals surface area contributed by atoms with Gasteiger partial charge in [0, 0.05) is 16.0 Å². The van der Waals surface area contributed by atoms with Gasteiger partial charge in [-0.2, -0.15) is 18.3 Å². The predicted octanol–water partition coefficient (Wildman–Crippen LogP) is 4.10. The Bertz CT molecular complexity index is 872. The van der Waals surface area contributed by atoms with Crippen LogP contribution in [-0.2, 0) is 12.7 Å². The first-order valence-corrected chi connectivity index (χ1v) is 8.13. The van der Waals surface area contributed by atoms with Gasteiger partial charge in [-0.05, 0) is 24.1 Å².